The molecule has 0 radical (unpaired) electrons. The molecular weight excluding hydrogens is 350 g/mol. The molecule has 4 nitrogen and oxygen atoms in total. The van der Waals surface area contributed by atoms with Crippen LogP contribution >= 0.6 is 0 Å². The number of nitrogens with one attached hydrogen (secondary N) is 1. The predicted molar refractivity (Wildman–Crippen MR) is 114 cm³/mol. The highest BCUT2D eigenvalue weighted by Gasteiger charge is 2.16. The monoisotopic (exact) mass is 383 g/mol. The molecule has 0 aromatic heterocycles. The Morgan fingerprint density at radius 2 is 1.86 bits per heavy atom. The summed E-state index contributed by atoms with van der Waals surface area (Å²) in [5.41, 5.74) is 4.57. The van der Waals surface area contributed by atoms with Crippen molar-refractivity contribution in [2.24, 2.45) is 0 Å². The van der Waals surface area contributed by atoms with Crippen molar-refractivity contribution in [2.75, 3.05) is 13.2 Å². The zero-order chi connectivity index (χ0) is 20.5. The van der Waals surface area contributed by atoms with Gasteiger partial charge in [-0.05, 0) is 81.3 Å². The number of benzene rings is 2. The summed E-state index contributed by atoms with van der Waals surface area (Å²) in [6.45, 7) is 11.3. The highest BCUT2D eigenvalue weighted by atomic mass is 16.5. The van der Waals surface area contributed by atoms with Crippen molar-refractivity contribution >= 4 is 5.91 Å². The van der Waals surface area contributed by atoms with E-state index in [4.69, 9.17) is 9.47 Å². The average molecular weight is 384 g/mol. The van der Waals surface area contributed by atoms with Crippen LogP contribution in [-0.2, 0) is 11.2 Å². The Morgan fingerprint density at radius 3 is 2.61 bits per heavy atom. The number of hydrogen-bond acceptors (Lipinski definition) is 3. The highest BCUT2D eigenvalue weighted by molar-refractivity contribution is 5.80. The molecule has 2 aromatic rings. The van der Waals surface area contributed by atoms with Crippen molar-refractivity contribution in [1.82, 2.24) is 5.32 Å². The van der Waals surface area contributed by atoms with E-state index >= 15 is 0 Å². The molecule has 0 saturated carbocycles. The lowest BCUT2D eigenvalue weighted by molar-refractivity contribution is -0.127. The Bertz CT molecular complexity index is 785. The van der Waals surface area contributed by atoms with E-state index in [9.17, 15) is 4.79 Å². The van der Waals surface area contributed by atoms with Gasteiger partial charge in [0, 0.05) is 6.54 Å². The van der Waals surface area contributed by atoms with Crippen LogP contribution in [0.4, 0.5) is 0 Å². The fourth-order valence-electron chi connectivity index (χ4n) is 3.06. The average Bonchev–Trinajstić information content (AvgIpc) is 2.67. The fourth-order valence-corrected chi connectivity index (χ4v) is 3.06. The number of carbonyl (C=O) groups is 1. The molecule has 1 atom stereocenters. The minimum Gasteiger partial charge on any atom is -0.493 e. The predicted octanol–water partition coefficient (Wildman–Crippen LogP) is 4.92. The molecule has 0 bridgehead atoms. The third kappa shape index (κ3) is 6.29. The number of aryl methyl sites for hydroxylation is 3. The Balaban J connectivity index is 1.81. The van der Waals surface area contributed by atoms with Gasteiger partial charge < -0.3 is 14.8 Å². The van der Waals surface area contributed by atoms with E-state index in [0.717, 1.165) is 48.5 Å². The molecule has 0 fully saturated rings. The van der Waals surface area contributed by atoms with Crippen LogP contribution in [0.3, 0.4) is 0 Å². The zero-order valence-corrected chi connectivity index (χ0v) is 17.8. The van der Waals surface area contributed by atoms with E-state index in [1.807, 2.05) is 38.1 Å². The summed E-state index contributed by atoms with van der Waals surface area (Å²) in [5, 5.41) is 2.98. The third-order valence-corrected chi connectivity index (χ3v) is 4.79. The molecule has 0 aliphatic heterocycles. The maximum Gasteiger partial charge on any atom is 0.260 e. The molecule has 0 unspecified atom stereocenters. The van der Waals surface area contributed by atoms with Gasteiger partial charge in [-0.25, -0.2) is 0 Å². The van der Waals surface area contributed by atoms with Gasteiger partial charge in [-0.15, -0.1) is 0 Å². The molecule has 0 saturated heterocycles. The number of amides is 1. The smallest absolute Gasteiger partial charge is 0.260 e. The van der Waals surface area contributed by atoms with E-state index in [1.54, 1.807) is 6.92 Å². The van der Waals surface area contributed by atoms with Gasteiger partial charge in [0.15, 0.2) is 6.10 Å². The molecule has 4 heteroatoms. The van der Waals surface area contributed by atoms with Gasteiger partial charge in [-0.1, -0.05) is 31.2 Å². The second kappa shape index (κ2) is 10.7. The highest BCUT2D eigenvalue weighted by Crippen LogP contribution is 2.24. The van der Waals surface area contributed by atoms with Gasteiger partial charge in [-0.2, -0.15) is 0 Å². The maximum absolute atomic E-state index is 12.4. The van der Waals surface area contributed by atoms with Crippen LogP contribution in [0.15, 0.2) is 36.4 Å². The largest absolute Gasteiger partial charge is 0.493 e. The molecule has 0 spiro atoms. The third-order valence-electron chi connectivity index (χ3n) is 4.79. The SMILES string of the molecule is CCCOc1ccccc1CCCNC(=O)[C@H](C)Oc1cc(C)cc(C)c1C. The van der Waals surface area contributed by atoms with Crippen LogP contribution in [-0.4, -0.2) is 25.2 Å². The summed E-state index contributed by atoms with van der Waals surface area (Å²) in [5.74, 6) is 1.63. The van der Waals surface area contributed by atoms with E-state index < -0.39 is 6.10 Å². The summed E-state index contributed by atoms with van der Waals surface area (Å²) >= 11 is 0. The van der Waals surface area contributed by atoms with Crippen molar-refractivity contribution in [2.45, 2.75) is 60.0 Å². The van der Waals surface area contributed by atoms with Crippen molar-refractivity contribution in [3.05, 3.63) is 58.7 Å². The zero-order valence-electron chi connectivity index (χ0n) is 17.8. The van der Waals surface area contributed by atoms with E-state index in [1.165, 1.54) is 11.1 Å². The van der Waals surface area contributed by atoms with Gasteiger partial charge in [0.25, 0.3) is 5.91 Å². The van der Waals surface area contributed by atoms with E-state index in [2.05, 4.69) is 31.3 Å². The van der Waals surface area contributed by atoms with Gasteiger partial charge in [0.05, 0.1) is 6.61 Å². The first-order chi connectivity index (χ1) is 13.4. The number of hydrogen-bond donors (Lipinski definition) is 1. The van der Waals surface area contributed by atoms with Crippen molar-refractivity contribution in [3.63, 3.8) is 0 Å². The second-order valence-electron chi connectivity index (χ2n) is 7.32. The van der Waals surface area contributed by atoms with Crippen molar-refractivity contribution in [1.29, 1.82) is 0 Å². The molecule has 2 aromatic carbocycles. The number of ether oxygens (including phenoxy) is 2. The minimum atomic E-state index is -0.528. The van der Waals surface area contributed by atoms with Crippen LogP contribution in [0.25, 0.3) is 0 Å². The van der Waals surface area contributed by atoms with Crippen molar-refractivity contribution in [3.8, 4) is 11.5 Å². The molecule has 0 heterocycles. The molecular formula is C24H33NO3. The first kappa shape index (κ1) is 21.8. The second-order valence-corrected chi connectivity index (χ2v) is 7.32. The summed E-state index contributed by atoms with van der Waals surface area (Å²) in [6, 6.07) is 12.2. The molecule has 0 aliphatic carbocycles. The summed E-state index contributed by atoms with van der Waals surface area (Å²) < 4.78 is 11.7. The standard InChI is InChI=1S/C24H33NO3/c1-6-14-27-22-12-8-7-10-21(22)11-9-13-25-24(26)20(5)28-23-16-17(2)15-18(3)19(23)4/h7-8,10,12,15-16,20H,6,9,11,13-14H2,1-5H3,(H,25,26)/t20-/m0/s1. The summed E-state index contributed by atoms with van der Waals surface area (Å²) in [6.07, 6.45) is 2.18. The lowest BCUT2D eigenvalue weighted by atomic mass is 10.1. The molecule has 1 N–H and O–H groups in total. The van der Waals surface area contributed by atoms with Crippen molar-refractivity contribution < 1.29 is 14.3 Å². The number of carbonyl (C=O) groups excluding carboxylic acids is 1. The Morgan fingerprint density at radius 1 is 1.11 bits per heavy atom. The van der Waals surface area contributed by atoms with Gasteiger partial charge >= 0.3 is 0 Å². The first-order valence-electron chi connectivity index (χ1n) is 10.1. The molecule has 152 valence electrons. The molecule has 2 rings (SSSR count). The quantitative estimate of drug-likeness (QED) is 0.593. The van der Waals surface area contributed by atoms with Gasteiger partial charge in [0.1, 0.15) is 11.5 Å². The lowest BCUT2D eigenvalue weighted by Crippen LogP contribution is -2.37. The van der Waals surface area contributed by atoms with E-state index in [0.29, 0.717) is 6.54 Å². The Labute approximate surface area is 169 Å². The van der Waals surface area contributed by atoms with Crippen LogP contribution in [0.1, 0.15) is 48.9 Å². The van der Waals surface area contributed by atoms with E-state index in [-0.39, 0.29) is 5.91 Å². The van der Waals surface area contributed by atoms with Crippen LogP contribution in [0.5, 0.6) is 11.5 Å². The number of rotatable bonds is 10. The van der Waals surface area contributed by atoms with Crippen LogP contribution in [0.2, 0.25) is 0 Å². The molecule has 0 aliphatic rings. The minimum absolute atomic E-state index is 0.0888. The molecule has 1 amide bonds. The fraction of sp³-hybridized carbons (Fsp3) is 0.458. The van der Waals surface area contributed by atoms with Gasteiger partial charge in [0.2, 0.25) is 0 Å². The molecule has 28 heavy (non-hydrogen) atoms. The Hall–Kier alpha value is -2.49. The Kier molecular flexibility index (Phi) is 8.37. The first-order valence-corrected chi connectivity index (χ1v) is 10.1. The van der Waals surface area contributed by atoms with Crippen LogP contribution < -0.4 is 14.8 Å². The summed E-state index contributed by atoms with van der Waals surface area (Å²) in [4.78, 5) is 12.4. The maximum atomic E-state index is 12.4. The lowest BCUT2D eigenvalue weighted by Gasteiger charge is -2.18. The topological polar surface area (TPSA) is 47.6 Å². The summed E-state index contributed by atoms with van der Waals surface area (Å²) in [7, 11) is 0. The normalized spacial score (nSPS) is 11.8. The van der Waals surface area contributed by atoms with Gasteiger partial charge in [-0.3, -0.25) is 4.79 Å². The van der Waals surface area contributed by atoms with Crippen LogP contribution in [0, 0.1) is 20.8 Å². The number of para-hydroxylation sites is 1.